The van der Waals surface area contributed by atoms with Crippen molar-refractivity contribution >= 4 is 5.96 Å². The van der Waals surface area contributed by atoms with Crippen LogP contribution >= 0.6 is 0 Å². The van der Waals surface area contributed by atoms with Crippen molar-refractivity contribution in [2.45, 2.75) is 25.7 Å². The summed E-state index contributed by atoms with van der Waals surface area (Å²) in [6.07, 6.45) is 4.92. The highest BCUT2D eigenvalue weighted by molar-refractivity contribution is 5.80. The highest BCUT2D eigenvalue weighted by Gasteiger charge is 2.24. The van der Waals surface area contributed by atoms with E-state index in [2.05, 4.69) is 62.4 Å². The van der Waals surface area contributed by atoms with Crippen LogP contribution in [0, 0.1) is 5.92 Å². The van der Waals surface area contributed by atoms with Crippen molar-refractivity contribution in [3.8, 4) is 0 Å². The Morgan fingerprint density at radius 2 is 1.96 bits per heavy atom. The maximum atomic E-state index is 4.53. The van der Waals surface area contributed by atoms with E-state index in [1.807, 2.05) is 7.05 Å². The molecule has 2 saturated heterocycles. The van der Waals surface area contributed by atoms with Crippen molar-refractivity contribution in [2.75, 3.05) is 66.5 Å². The number of benzene rings is 1. The van der Waals surface area contributed by atoms with Crippen LogP contribution in [-0.4, -0.2) is 87.1 Å². The molecule has 1 aromatic rings. The minimum atomic E-state index is 0.736. The van der Waals surface area contributed by atoms with Crippen molar-refractivity contribution in [3.63, 3.8) is 0 Å². The SMILES string of the molecule is CN=C(NCCCN1CCCN(C)CC1)N1CCC(Cc2ccccc2)C1. The average Bonchev–Trinajstić information content (AvgIpc) is 3.04. The van der Waals surface area contributed by atoms with Crippen LogP contribution in [0.4, 0.5) is 0 Å². The molecule has 2 heterocycles. The minimum absolute atomic E-state index is 0.736. The van der Waals surface area contributed by atoms with Crippen LogP contribution in [0.2, 0.25) is 0 Å². The van der Waals surface area contributed by atoms with Gasteiger partial charge in [0, 0.05) is 39.8 Å². The topological polar surface area (TPSA) is 34.1 Å². The number of guanidine groups is 1. The normalized spacial score (nSPS) is 22.8. The highest BCUT2D eigenvalue weighted by Crippen LogP contribution is 2.20. The summed E-state index contributed by atoms with van der Waals surface area (Å²) in [7, 11) is 4.15. The monoisotopic (exact) mass is 371 g/mol. The van der Waals surface area contributed by atoms with Crippen LogP contribution < -0.4 is 5.32 Å². The van der Waals surface area contributed by atoms with Crippen LogP contribution in [0.15, 0.2) is 35.3 Å². The molecule has 3 rings (SSSR count). The number of nitrogens with zero attached hydrogens (tertiary/aromatic N) is 4. The fourth-order valence-electron chi connectivity index (χ4n) is 4.30. The fourth-order valence-corrected chi connectivity index (χ4v) is 4.30. The summed E-state index contributed by atoms with van der Waals surface area (Å²) in [5, 5.41) is 3.60. The molecule has 1 N–H and O–H groups in total. The van der Waals surface area contributed by atoms with E-state index in [-0.39, 0.29) is 0 Å². The molecule has 0 aliphatic carbocycles. The van der Waals surface area contributed by atoms with Crippen LogP contribution in [0.3, 0.4) is 0 Å². The molecule has 0 saturated carbocycles. The molecule has 150 valence electrons. The Morgan fingerprint density at radius 3 is 2.78 bits per heavy atom. The van der Waals surface area contributed by atoms with E-state index in [4.69, 9.17) is 0 Å². The third-order valence-corrected chi connectivity index (χ3v) is 5.91. The Morgan fingerprint density at radius 1 is 1.11 bits per heavy atom. The number of rotatable bonds is 6. The van der Waals surface area contributed by atoms with E-state index in [0.29, 0.717) is 0 Å². The van der Waals surface area contributed by atoms with Gasteiger partial charge in [0.1, 0.15) is 0 Å². The fraction of sp³-hybridized carbons (Fsp3) is 0.682. The molecular formula is C22H37N5. The van der Waals surface area contributed by atoms with Crippen molar-refractivity contribution in [1.29, 1.82) is 0 Å². The summed E-state index contributed by atoms with van der Waals surface area (Å²) in [4.78, 5) is 12.0. The lowest BCUT2D eigenvalue weighted by atomic mass is 9.99. The number of likely N-dealkylation sites (tertiary alicyclic amines) is 1. The van der Waals surface area contributed by atoms with E-state index in [1.54, 1.807) is 0 Å². The number of nitrogens with one attached hydrogen (secondary N) is 1. The first kappa shape index (κ1) is 20.2. The van der Waals surface area contributed by atoms with E-state index in [9.17, 15) is 0 Å². The van der Waals surface area contributed by atoms with Gasteiger partial charge in [-0.05, 0) is 63.8 Å². The van der Waals surface area contributed by atoms with Gasteiger partial charge >= 0.3 is 0 Å². The van der Waals surface area contributed by atoms with Gasteiger partial charge in [0.05, 0.1) is 0 Å². The van der Waals surface area contributed by atoms with Crippen LogP contribution in [0.1, 0.15) is 24.8 Å². The largest absolute Gasteiger partial charge is 0.356 e. The Hall–Kier alpha value is -1.59. The summed E-state index contributed by atoms with van der Waals surface area (Å²) >= 11 is 0. The molecule has 2 fully saturated rings. The third-order valence-electron chi connectivity index (χ3n) is 5.91. The zero-order valence-electron chi connectivity index (χ0n) is 17.2. The molecule has 5 heteroatoms. The highest BCUT2D eigenvalue weighted by atomic mass is 15.3. The summed E-state index contributed by atoms with van der Waals surface area (Å²) in [5.41, 5.74) is 1.45. The smallest absolute Gasteiger partial charge is 0.193 e. The second-order valence-electron chi connectivity index (χ2n) is 8.12. The summed E-state index contributed by atoms with van der Waals surface area (Å²) in [6, 6.07) is 10.9. The molecule has 0 aromatic heterocycles. The number of hydrogen-bond donors (Lipinski definition) is 1. The molecule has 0 amide bonds. The summed E-state index contributed by atoms with van der Waals surface area (Å²) < 4.78 is 0. The number of likely N-dealkylation sites (N-methyl/N-ethyl adjacent to an activating group) is 1. The lowest BCUT2D eigenvalue weighted by Gasteiger charge is -2.23. The first-order chi connectivity index (χ1) is 13.2. The molecule has 1 unspecified atom stereocenters. The maximum Gasteiger partial charge on any atom is 0.193 e. The molecular weight excluding hydrogens is 334 g/mol. The predicted octanol–water partition coefficient (Wildman–Crippen LogP) is 2.15. The van der Waals surface area contributed by atoms with Gasteiger partial charge in [-0.15, -0.1) is 0 Å². The molecule has 0 bridgehead atoms. The van der Waals surface area contributed by atoms with Gasteiger partial charge in [-0.3, -0.25) is 4.99 Å². The van der Waals surface area contributed by atoms with Gasteiger partial charge < -0.3 is 20.0 Å². The molecule has 0 radical (unpaired) electrons. The Bertz CT molecular complexity index is 573. The van der Waals surface area contributed by atoms with Gasteiger partial charge in [0.2, 0.25) is 0 Å². The molecule has 2 aliphatic heterocycles. The first-order valence-electron chi connectivity index (χ1n) is 10.6. The summed E-state index contributed by atoms with van der Waals surface area (Å²) in [5.74, 6) is 1.82. The van der Waals surface area contributed by atoms with E-state index in [1.165, 1.54) is 64.0 Å². The van der Waals surface area contributed by atoms with Crippen molar-refractivity contribution in [2.24, 2.45) is 10.9 Å². The van der Waals surface area contributed by atoms with Crippen LogP contribution in [-0.2, 0) is 6.42 Å². The first-order valence-corrected chi connectivity index (χ1v) is 10.6. The summed E-state index contributed by atoms with van der Waals surface area (Å²) in [6.45, 7) is 9.33. The Kier molecular flexibility index (Phi) is 7.96. The molecule has 5 nitrogen and oxygen atoms in total. The van der Waals surface area contributed by atoms with E-state index < -0.39 is 0 Å². The van der Waals surface area contributed by atoms with Gasteiger partial charge in [-0.25, -0.2) is 0 Å². The molecule has 0 spiro atoms. The lowest BCUT2D eigenvalue weighted by molar-refractivity contribution is 0.273. The molecule has 2 aliphatic rings. The zero-order chi connectivity index (χ0) is 18.9. The number of hydrogen-bond acceptors (Lipinski definition) is 3. The van der Waals surface area contributed by atoms with Crippen LogP contribution in [0.25, 0.3) is 0 Å². The van der Waals surface area contributed by atoms with Crippen molar-refractivity contribution in [3.05, 3.63) is 35.9 Å². The Balaban J connectivity index is 1.35. The van der Waals surface area contributed by atoms with E-state index in [0.717, 1.165) is 31.5 Å². The van der Waals surface area contributed by atoms with Gasteiger partial charge in [0.25, 0.3) is 0 Å². The van der Waals surface area contributed by atoms with Gasteiger partial charge in [0.15, 0.2) is 5.96 Å². The molecule has 1 atom stereocenters. The predicted molar refractivity (Wildman–Crippen MR) is 114 cm³/mol. The van der Waals surface area contributed by atoms with Crippen LogP contribution in [0.5, 0.6) is 0 Å². The third kappa shape index (κ3) is 6.51. The second-order valence-corrected chi connectivity index (χ2v) is 8.12. The van der Waals surface area contributed by atoms with Gasteiger partial charge in [-0.2, -0.15) is 0 Å². The average molecular weight is 372 g/mol. The standard InChI is InChI=1S/C22H37N5/c1-23-22(24-11-6-13-26-14-7-12-25(2)16-17-26)27-15-10-21(19-27)18-20-8-4-3-5-9-20/h3-5,8-9,21H,6-7,10-19H2,1-2H3,(H,23,24). The zero-order valence-corrected chi connectivity index (χ0v) is 17.2. The van der Waals surface area contributed by atoms with Crippen molar-refractivity contribution in [1.82, 2.24) is 20.0 Å². The Labute approximate surface area is 165 Å². The number of aliphatic imine (C=N–C) groups is 1. The second kappa shape index (κ2) is 10.7. The maximum absolute atomic E-state index is 4.53. The van der Waals surface area contributed by atoms with Crippen molar-refractivity contribution < 1.29 is 0 Å². The quantitative estimate of drug-likeness (QED) is 0.472. The molecule has 1 aromatic carbocycles. The minimum Gasteiger partial charge on any atom is -0.356 e. The van der Waals surface area contributed by atoms with Gasteiger partial charge in [-0.1, -0.05) is 30.3 Å². The molecule has 27 heavy (non-hydrogen) atoms. The van der Waals surface area contributed by atoms with E-state index >= 15 is 0 Å². The lowest BCUT2D eigenvalue weighted by Crippen LogP contribution is -2.41.